The number of thioether (sulfide) groups is 1. The van der Waals surface area contributed by atoms with Crippen molar-refractivity contribution >= 4 is 17.7 Å². The topological polar surface area (TPSA) is 29.5 Å². The highest BCUT2D eigenvalue weighted by atomic mass is 32.2. The number of rotatable bonds is 3. The molecule has 1 saturated heterocycles. The van der Waals surface area contributed by atoms with Crippen LogP contribution in [-0.2, 0) is 9.53 Å². The van der Waals surface area contributed by atoms with E-state index in [0.29, 0.717) is 0 Å². The first-order valence-electron chi connectivity index (χ1n) is 5.45. The lowest BCUT2D eigenvalue weighted by atomic mass is 9.93. The Balaban J connectivity index is 2.47. The molecule has 0 saturated carbocycles. The minimum Gasteiger partial charge on any atom is -0.469 e. The Hall–Kier alpha value is -0.220. The molecule has 1 aliphatic heterocycles. The number of nitrogens with zero attached hydrogens (tertiary/aromatic N) is 1. The van der Waals surface area contributed by atoms with Gasteiger partial charge in [0.05, 0.1) is 12.5 Å². The molecule has 0 spiro atoms. The van der Waals surface area contributed by atoms with Crippen molar-refractivity contribution in [3.8, 4) is 0 Å². The second kappa shape index (κ2) is 5.75. The molecule has 0 amide bonds. The fourth-order valence-electron chi connectivity index (χ4n) is 1.86. The molecular formula is C11H21NO2S. The Morgan fingerprint density at radius 2 is 2.13 bits per heavy atom. The van der Waals surface area contributed by atoms with Crippen LogP contribution in [0.2, 0.25) is 0 Å². The second-order valence-corrected chi connectivity index (χ2v) is 5.84. The molecule has 0 aromatic heterocycles. The molecule has 1 aliphatic rings. The summed E-state index contributed by atoms with van der Waals surface area (Å²) < 4.78 is 4.82. The van der Waals surface area contributed by atoms with E-state index in [1.165, 1.54) is 25.0 Å². The smallest absolute Gasteiger partial charge is 0.312 e. The third-order valence-electron chi connectivity index (χ3n) is 2.67. The Labute approximate surface area is 96.5 Å². The first-order chi connectivity index (χ1) is 7.06. The van der Waals surface area contributed by atoms with Gasteiger partial charge in [-0.3, -0.25) is 4.79 Å². The second-order valence-electron chi connectivity index (χ2n) is 4.62. The van der Waals surface area contributed by atoms with Crippen molar-refractivity contribution in [1.82, 2.24) is 4.90 Å². The van der Waals surface area contributed by atoms with Crippen LogP contribution in [0.5, 0.6) is 0 Å². The van der Waals surface area contributed by atoms with Crippen molar-refractivity contribution in [2.45, 2.75) is 20.3 Å². The highest BCUT2D eigenvalue weighted by Gasteiger charge is 2.31. The average molecular weight is 231 g/mol. The van der Waals surface area contributed by atoms with Gasteiger partial charge in [-0.1, -0.05) is 0 Å². The van der Waals surface area contributed by atoms with E-state index in [0.717, 1.165) is 19.6 Å². The van der Waals surface area contributed by atoms with Gasteiger partial charge in [0.15, 0.2) is 0 Å². The summed E-state index contributed by atoms with van der Waals surface area (Å²) in [6.07, 6.45) is 1.22. The van der Waals surface area contributed by atoms with Gasteiger partial charge in [-0.15, -0.1) is 0 Å². The standard InChI is InChI=1S/C11H21NO2S/c1-11(2,10(13)14-3)9-12-5-4-7-15-8-6-12/h4-9H2,1-3H3. The maximum Gasteiger partial charge on any atom is 0.312 e. The Kier molecular flexibility index (Phi) is 4.93. The Bertz CT molecular complexity index is 211. The summed E-state index contributed by atoms with van der Waals surface area (Å²) in [7, 11) is 1.46. The summed E-state index contributed by atoms with van der Waals surface area (Å²) in [5.74, 6) is 2.31. The highest BCUT2D eigenvalue weighted by Crippen LogP contribution is 2.21. The summed E-state index contributed by atoms with van der Waals surface area (Å²) >= 11 is 2.00. The molecule has 0 aliphatic carbocycles. The van der Waals surface area contributed by atoms with Crippen molar-refractivity contribution in [2.75, 3.05) is 38.2 Å². The number of hydrogen-bond donors (Lipinski definition) is 0. The summed E-state index contributed by atoms with van der Waals surface area (Å²) in [6, 6.07) is 0. The van der Waals surface area contributed by atoms with E-state index in [4.69, 9.17) is 4.74 Å². The Morgan fingerprint density at radius 1 is 1.40 bits per heavy atom. The monoisotopic (exact) mass is 231 g/mol. The summed E-state index contributed by atoms with van der Waals surface area (Å²) in [5.41, 5.74) is -0.385. The van der Waals surface area contributed by atoms with Crippen LogP contribution in [0.15, 0.2) is 0 Å². The van der Waals surface area contributed by atoms with E-state index < -0.39 is 0 Å². The number of hydrogen-bond acceptors (Lipinski definition) is 4. The fraction of sp³-hybridized carbons (Fsp3) is 0.909. The Morgan fingerprint density at radius 3 is 2.80 bits per heavy atom. The van der Waals surface area contributed by atoms with Crippen LogP contribution in [0.3, 0.4) is 0 Å². The summed E-state index contributed by atoms with van der Waals surface area (Å²) in [5, 5.41) is 0. The molecule has 0 aromatic rings. The lowest BCUT2D eigenvalue weighted by molar-refractivity contribution is -0.151. The van der Waals surface area contributed by atoms with E-state index in [2.05, 4.69) is 4.90 Å². The predicted octanol–water partition coefficient (Wildman–Crippen LogP) is 1.62. The molecule has 15 heavy (non-hydrogen) atoms. The van der Waals surface area contributed by atoms with Crippen molar-refractivity contribution in [3.05, 3.63) is 0 Å². The summed E-state index contributed by atoms with van der Waals surface area (Å²) in [6.45, 7) is 6.91. The fourth-order valence-corrected chi connectivity index (χ4v) is 2.78. The van der Waals surface area contributed by atoms with Gasteiger partial charge in [0, 0.05) is 18.8 Å². The van der Waals surface area contributed by atoms with Crippen molar-refractivity contribution < 1.29 is 9.53 Å². The van der Waals surface area contributed by atoms with Crippen LogP contribution < -0.4 is 0 Å². The highest BCUT2D eigenvalue weighted by molar-refractivity contribution is 7.99. The van der Waals surface area contributed by atoms with Gasteiger partial charge in [0.1, 0.15) is 0 Å². The van der Waals surface area contributed by atoms with E-state index >= 15 is 0 Å². The van der Waals surface area contributed by atoms with Crippen molar-refractivity contribution in [3.63, 3.8) is 0 Å². The van der Waals surface area contributed by atoms with Crippen LogP contribution in [0, 0.1) is 5.41 Å². The normalized spacial score (nSPS) is 19.7. The van der Waals surface area contributed by atoms with Gasteiger partial charge < -0.3 is 9.64 Å². The lowest BCUT2D eigenvalue weighted by Gasteiger charge is -2.29. The quantitative estimate of drug-likeness (QED) is 0.690. The van der Waals surface area contributed by atoms with E-state index in [-0.39, 0.29) is 11.4 Å². The first kappa shape index (κ1) is 12.8. The van der Waals surface area contributed by atoms with Crippen molar-refractivity contribution in [1.29, 1.82) is 0 Å². The number of carbonyl (C=O) groups excluding carboxylic acids is 1. The van der Waals surface area contributed by atoms with E-state index in [9.17, 15) is 4.79 Å². The van der Waals surface area contributed by atoms with Crippen LogP contribution >= 0.6 is 11.8 Å². The third-order valence-corrected chi connectivity index (χ3v) is 3.72. The first-order valence-corrected chi connectivity index (χ1v) is 6.60. The summed E-state index contributed by atoms with van der Waals surface area (Å²) in [4.78, 5) is 13.9. The van der Waals surface area contributed by atoms with E-state index in [1.54, 1.807) is 0 Å². The van der Waals surface area contributed by atoms with Crippen LogP contribution in [0.25, 0.3) is 0 Å². The van der Waals surface area contributed by atoms with Gasteiger partial charge in [0.2, 0.25) is 0 Å². The van der Waals surface area contributed by atoms with E-state index in [1.807, 2.05) is 25.6 Å². The number of esters is 1. The molecule has 1 heterocycles. The molecule has 0 N–H and O–H groups in total. The van der Waals surface area contributed by atoms with Crippen molar-refractivity contribution in [2.24, 2.45) is 5.41 Å². The molecule has 0 bridgehead atoms. The molecule has 0 unspecified atom stereocenters. The maximum atomic E-state index is 11.5. The number of carbonyl (C=O) groups is 1. The maximum absolute atomic E-state index is 11.5. The lowest BCUT2D eigenvalue weighted by Crippen LogP contribution is -2.40. The number of methoxy groups -OCH3 is 1. The zero-order valence-corrected chi connectivity index (χ0v) is 10.7. The SMILES string of the molecule is COC(=O)C(C)(C)CN1CCCSCC1. The molecule has 3 nitrogen and oxygen atoms in total. The van der Waals surface area contributed by atoms with Crippen LogP contribution in [-0.4, -0.2) is 49.1 Å². The van der Waals surface area contributed by atoms with Crippen LogP contribution in [0.1, 0.15) is 20.3 Å². The largest absolute Gasteiger partial charge is 0.469 e. The molecule has 0 atom stereocenters. The molecule has 88 valence electrons. The number of ether oxygens (including phenoxy) is 1. The molecular weight excluding hydrogens is 210 g/mol. The van der Waals surface area contributed by atoms with Gasteiger partial charge in [-0.25, -0.2) is 0 Å². The molecule has 4 heteroatoms. The molecule has 0 aromatic carbocycles. The minimum atomic E-state index is -0.385. The van der Waals surface area contributed by atoms with Gasteiger partial charge in [-0.2, -0.15) is 11.8 Å². The van der Waals surface area contributed by atoms with Gasteiger partial charge >= 0.3 is 5.97 Å². The zero-order valence-electron chi connectivity index (χ0n) is 9.91. The minimum absolute atomic E-state index is 0.112. The zero-order chi connectivity index (χ0) is 11.3. The average Bonchev–Trinajstić information content (AvgIpc) is 2.44. The molecule has 1 fully saturated rings. The van der Waals surface area contributed by atoms with Gasteiger partial charge in [0.25, 0.3) is 0 Å². The third kappa shape index (κ3) is 4.03. The molecule has 1 rings (SSSR count). The predicted molar refractivity (Wildman–Crippen MR) is 64.2 cm³/mol. The van der Waals surface area contributed by atoms with Gasteiger partial charge in [-0.05, 0) is 32.6 Å². The van der Waals surface area contributed by atoms with Crippen LogP contribution in [0.4, 0.5) is 0 Å². The molecule has 0 radical (unpaired) electrons.